The van der Waals surface area contributed by atoms with E-state index in [1.807, 2.05) is 30.0 Å². The molecule has 0 bridgehead atoms. The van der Waals surface area contributed by atoms with Crippen molar-refractivity contribution in [2.75, 3.05) is 23.3 Å². The Kier molecular flexibility index (Phi) is 4.61. The lowest BCUT2D eigenvalue weighted by Gasteiger charge is -2.31. The Morgan fingerprint density at radius 3 is 2.96 bits per heavy atom. The monoisotopic (exact) mass is 384 g/mol. The largest absolute Gasteiger partial charge is 0.353 e. The van der Waals surface area contributed by atoms with E-state index < -0.39 is 4.92 Å². The van der Waals surface area contributed by atoms with Crippen molar-refractivity contribution in [1.82, 2.24) is 15.0 Å². The molecule has 3 aromatic rings. The molecule has 27 heavy (non-hydrogen) atoms. The Bertz CT molecular complexity index is 1000. The lowest BCUT2D eigenvalue weighted by Crippen LogP contribution is -2.35. The van der Waals surface area contributed by atoms with Gasteiger partial charge in [0.05, 0.1) is 15.1 Å². The van der Waals surface area contributed by atoms with Gasteiger partial charge in [-0.2, -0.15) is 0 Å². The predicted molar refractivity (Wildman–Crippen MR) is 107 cm³/mol. The summed E-state index contributed by atoms with van der Waals surface area (Å²) in [5.74, 6) is 1.04. The number of rotatable bonds is 4. The summed E-state index contributed by atoms with van der Waals surface area (Å²) in [5, 5.41) is 15.5. The van der Waals surface area contributed by atoms with Gasteiger partial charge in [-0.25, -0.2) is 15.0 Å². The maximum atomic E-state index is 11.8. The number of thiazole rings is 1. The number of aryl methyl sites for hydroxylation is 1. The predicted octanol–water partition coefficient (Wildman–Crippen LogP) is 4.28. The van der Waals surface area contributed by atoms with Crippen LogP contribution in [-0.2, 0) is 0 Å². The van der Waals surface area contributed by atoms with E-state index in [0.29, 0.717) is 16.9 Å². The van der Waals surface area contributed by atoms with Crippen LogP contribution in [0, 0.1) is 23.0 Å². The summed E-state index contributed by atoms with van der Waals surface area (Å²) in [7, 11) is 0. The van der Waals surface area contributed by atoms with E-state index in [1.54, 1.807) is 0 Å². The average Bonchev–Trinajstić information content (AvgIpc) is 3.05. The Morgan fingerprint density at radius 1 is 1.37 bits per heavy atom. The van der Waals surface area contributed by atoms with Crippen molar-refractivity contribution in [1.29, 1.82) is 0 Å². The topological polar surface area (TPSA) is 97.1 Å². The lowest BCUT2D eigenvalue weighted by molar-refractivity contribution is -0.383. The van der Waals surface area contributed by atoms with Crippen molar-refractivity contribution in [2.45, 2.75) is 26.7 Å². The van der Waals surface area contributed by atoms with Gasteiger partial charge in [0.25, 0.3) is 0 Å². The summed E-state index contributed by atoms with van der Waals surface area (Å²) in [6.45, 7) is 5.68. The molecule has 0 saturated carbocycles. The molecule has 140 valence electrons. The fourth-order valence-electron chi connectivity index (χ4n) is 3.48. The van der Waals surface area contributed by atoms with Crippen LogP contribution in [0.25, 0.3) is 10.2 Å². The Balaban J connectivity index is 1.72. The molecule has 1 aromatic carbocycles. The fraction of sp³-hybridized carbons (Fsp3) is 0.389. The van der Waals surface area contributed by atoms with Crippen LogP contribution in [0.5, 0.6) is 0 Å². The second-order valence-corrected chi connectivity index (χ2v) is 7.94. The van der Waals surface area contributed by atoms with Gasteiger partial charge in [0.15, 0.2) is 5.13 Å². The maximum Gasteiger partial charge on any atom is 0.353 e. The molecule has 1 aliphatic heterocycles. The fourth-order valence-corrected chi connectivity index (χ4v) is 4.43. The molecule has 1 saturated heterocycles. The van der Waals surface area contributed by atoms with E-state index in [0.717, 1.165) is 41.7 Å². The summed E-state index contributed by atoms with van der Waals surface area (Å²) >= 11 is 1.45. The lowest BCUT2D eigenvalue weighted by atomic mass is 10.0. The third-order valence-electron chi connectivity index (χ3n) is 4.79. The first kappa shape index (κ1) is 17.6. The highest BCUT2D eigenvalue weighted by Crippen LogP contribution is 2.37. The second kappa shape index (κ2) is 7.07. The van der Waals surface area contributed by atoms with E-state index in [4.69, 9.17) is 0 Å². The van der Waals surface area contributed by atoms with E-state index >= 15 is 0 Å². The van der Waals surface area contributed by atoms with Crippen LogP contribution in [0.3, 0.4) is 0 Å². The Labute approximate surface area is 160 Å². The van der Waals surface area contributed by atoms with E-state index in [-0.39, 0.29) is 11.5 Å². The number of benzene rings is 1. The molecule has 1 atom stereocenters. The first-order valence-electron chi connectivity index (χ1n) is 8.90. The number of para-hydroxylation sites is 1. The van der Waals surface area contributed by atoms with Crippen LogP contribution in [-0.4, -0.2) is 33.0 Å². The molecule has 1 N–H and O–H groups in total. The summed E-state index contributed by atoms with van der Waals surface area (Å²) in [6, 6.07) is 5.96. The number of hydrogen-bond acceptors (Lipinski definition) is 8. The smallest absolute Gasteiger partial charge is 0.350 e. The molecule has 0 spiro atoms. The number of nitrogens with one attached hydrogen (secondary N) is 1. The van der Waals surface area contributed by atoms with Crippen LogP contribution in [0.1, 0.15) is 25.3 Å². The summed E-state index contributed by atoms with van der Waals surface area (Å²) in [4.78, 5) is 26.4. The zero-order valence-corrected chi connectivity index (χ0v) is 16.0. The van der Waals surface area contributed by atoms with Crippen LogP contribution in [0.2, 0.25) is 0 Å². The van der Waals surface area contributed by atoms with Crippen LogP contribution >= 0.6 is 11.3 Å². The number of anilines is 3. The van der Waals surface area contributed by atoms with Gasteiger partial charge in [0, 0.05) is 13.1 Å². The number of hydrogen-bond donors (Lipinski definition) is 1. The minimum atomic E-state index is -0.407. The van der Waals surface area contributed by atoms with Gasteiger partial charge in [-0.15, -0.1) is 0 Å². The van der Waals surface area contributed by atoms with E-state index in [2.05, 4.69) is 27.2 Å². The third kappa shape index (κ3) is 3.42. The number of nitro groups is 1. The number of nitrogens with zero attached hydrogens (tertiary/aromatic N) is 5. The molecule has 9 heteroatoms. The van der Waals surface area contributed by atoms with Crippen LogP contribution < -0.4 is 10.2 Å². The molecule has 1 aliphatic rings. The number of fused-ring (bicyclic) bond motifs is 1. The number of aromatic nitrogens is 3. The van der Waals surface area contributed by atoms with Crippen LogP contribution in [0.4, 0.5) is 22.5 Å². The molecular formula is C18H20N6O2S. The van der Waals surface area contributed by atoms with Crippen LogP contribution in [0.15, 0.2) is 24.5 Å². The molecule has 2 aromatic heterocycles. The van der Waals surface area contributed by atoms with Gasteiger partial charge in [0.1, 0.15) is 6.33 Å². The van der Waals surface area contributed by atoms with Crippen molar-refractivity contribution in [3.63, 3.8) is 0 Å². The molecule has 4 rings (SSSR count). The standard InChI is InChI=1S/C18H20N6O2S/c1-11-5-4-8-23(9-11)17-15(24(25)26)16(19-10-20-17)22-18-21-14-12(2)6-3-7-13(14)27-18/h3,6-7,10-11H,4-5,8-9H2,1-2H3,(H,19,20,21,22). The molecule has 1 unspecified atom stereocenters. The SMILES string of the molecule is Cc1cccc2sc(Nc3ncnc(N4CCCC(C)C4)c3[N+](=O)[O-])nc12. The first-order valence-corrected chi connectivity index (χ1v) is 9.72. The third-order valence-corrected chi connectivity index (χ3v) is 5.72. The van der Waals surface area contributed by atoms with Gasteiger partial charge in [-0.1, -0.05) is 30.4 Å². The Morgan fingerprint density at radius 2 is 2.22 bits per heavy atom. The van der Waals surface area contributed by atoms with Crippen molar-refractivity contribution in [3.8, 4) is 0 Å². The van der Waals surface area contributed by atoms with E-state index in [9.17, 15) is 10.1 Å². The van der Waals surface area contributed by atoms with Gasteiger partial charge < -0.3 is 10.2 Å². The minimum Gasteiger partial charge on any atom is -0.350 e. The second-order valence-electron chi connectivity index (χ2n) is 6.91. The molecule has 3 heterocycles. The minimum absolute atomic E-state index is 0.0948. The molecule has 0 aliphatic carbocycles. The van der Waals surface area contributed by atoms with Crippen molar-refractivity contribution >= 4 is 44.0 Å². The highest BCUT2D eigenvalue weighted by molar-refractivity contribution is 7.22. The molecule has 8 nitrogen and oxygen atoms in total. The van der Waals surface area contributed by atoms with E-state index in [1.165, 1.54) is 17.7 Å². The average molecular weight is 384 g/mol. The van der Waals surface area contributed by atoms with Crippen molar-refractivity contribution in [2.24, 2.45) is 5.92 Å². The molecule has 1 fully saturated rings. The van der Waals surface area contributed by atoms with Crippen molar-refractivity contribution in [3.05, 3.63) is 40.2 Å². The van der Waals surface area contributed by atoms with Crippen molar-refractivity contribution < 1.29 is 4.92 Å². The van der Waals surface area contributed by atoms with Gasteiger partial charge in [-0.05, 0) is 37.3 Å². The normalized spacial score (nSPS) is 17.3. The van der Waals surface area contributed by atoms with Gasteiger partial charge in [0.2, 0.25) is 11.6 Å². The Hall–Kier alpha value is -2.81. The summed E-state index contributed by atoms with van der Waals surface area (Å²) < 4.78 is 1.03. The zero-order valence-electron chi connectivity index (χ0n) is 15.2. The maximum absolute atomic E-state index is 11.8. The highest BCUT2D eigenvalue weighted by atomic mass is 32.1. The molecule has 0 radical (unpaired) electrons. The highest BCUT2D eigenvalue weighted by Gasteiger charge is 2.29. The summed E-state index contributed by atoms with van der Waals surface area (Å²) in [6.07, 6.45) is 3.51. The molecule has 0 amide bonds. The first-order chi connectivity index (χ1) is 13.0. The van der Waals surface area contributed by atoms with Gasteiger partial charge in [-0.3, -0.25) is 10.1 Å². The number of piperidine rings is 1. The zero-order chi connectivity index (χ0) is 19.0. The molecular weight excluding hydrogens is 364 g/mol. The summed E-state index contributed by atoms with van der Waals surface area (Å²) in [5.41, 5.74) is 1.87. The van der Waals surface area contributed by atoms with Gasteiger partial charge >= 0.3 is 5.69 Å². The quantitative estimate of drug-likeness (QED) is 0.529.